The van der Waals surface area contributed by atoms with Gasteiger partial charge < -0.3 is 16.0 Å². The van der Waals surface area contributed by atoms with E-state index < -0.39 is 12.1 Å². The van der Waals surface area contributed by atoms with Gasteiger partial charge in [0.1, 0.15) is 0 Å². The first-order valence-electron chi connectivity index (χ1n) is 8.38. The molecule has 0 bridgehead atoms. The Morgan fingerprint density at radius 2 is 1.78 bits per heavy atom. The van der Waals surface area contributed by atoms with Gasteiger partial charge in [-0.1, -0.05) is 35.3 Å². The first-order valence-corrected chi connectivity index (χ1v) is 9.13. The molecule has 7 heteroatoms. The summed E-state index contributed by atoms with van der Waals surface area (Å²) in [6.07, 6.45) is 0. The van der Waals surface area contributed by atoms with E-state index in [2.05, 4.69) is 16.0 Å². The van der Waals surface area contributed by atoms with E-state index in [1.165, 1.54) is 0 Å². The van der Waals surface area contributed by atoms with Crippen LogP contribution < -0.4 is 16.0 Å². The average molecular weight is 404 g/mol. The quantitative estimate of drug-likeness (QED) is 0.683. The van der Waals surface area contributed by atoms with Crippen molar-refractivity contribution in [3.8, 4) is 0 Å². The van der Waals surface area contributed by atoms with Crippen molar-refractivity contribution in [2.45, 2.75) is 26.8 Å². The summed E-state index contributed by atoms with van der Waals surface area (Å²) >= 11 is 12.3. The normalized spacial score (nSPS) is 16.6. The van der Waals surface area contributed by atoms with Crippen LogP contribution in [0.15, 0.2) is 47.7 Å². The fourth-order valence-corrected chi connectivity index (χ4v) is 3.50. The highest BCUT2D eigenvalue weighted by atomic mass is 35.5. The molecule has 5 nitrogen and oxygen atoms in total. The van der Waals surface area contributed by atoms with Gasteiger partial charge in [-0.15, -0.1) is 0 Å². The van der Waals surface area contributed by atoms with Crippen LogP contribution in [0, 0.1) is 13.8 Å². The van der Waals surface area contributed by atoms with Crippen LogP contribution in [0.4, 0.5) is 10.5 Å². The molecule has 0 fully saturated rings. The smallest absolute Gasteiger partial charge is 0.319 e. The van der Waals surface area contributed by atoms with E-state index >= 15 is 0 Å². The van der Waals surface area contributed by atoms with E-state index in [0.717, 1.165) is 11.1 Å². The Bertz CT molecular complexity index is 970. The summed E-state index contributed by atoms with van der Waals surface area (Å²) in [6, 6.07) is 9.57. The Labute approximate surface area is 167 Å². The zero-order chi connectivity index (χ0) is 19.7. The van der Waals surface area contributed by atoms with E-state index in [-0.39, 0.29) is 5.91 Å². The summed E-state index contributed by atoms with van der Waals surface area (Å²) in [5.74, 6) is -0.320. The summed E-state index contributed by atoms with van der Waals surface area (Å²) in [4.78, 5) is 25.0. The van der Waals surface area contributed by atoms with Gasteiger partial charge >= 0.3 is 6.03 Å². The highest BCUT2D eigenvalue weighted by molar-refractivity contribution is 6.35. The van der Waals surface area contributed by atoms with E-state index in [1.807, 2.05) is 32.0 Å². The van der Waals surface area contributed by atoms with Crippen LogP contribution in [0.25, 0.3) is 0 Å². The molecule has 0 saturated heterocycles. The maximum atomic E-state index is 13.0. The molecule has 3 amide bonds. The molecule has 1 aliphatic rings. The van der Waals surface area contributed by atoms with Gasteiger partial charge in [-0.2, -0.15) is 0 Å². The Morgan fingerprint density at radius 1 is 1.04 bits per heavy atom. The number of benzene rings is 2. The van der Waals surface area contributed by atoms with Crippen molar-refractivity contribution < 1.29 is 9.59 Å². The number of carbonyl (C=O) groups is 2. The van der Waals surface area contributed by atoms with Crippen LogP contribution in [-0.2, 0) is 4.79 Å². The molecule has 27 heavy (non-hydrogen) atoms. The molecule has 0 aromatic heterocycles. The fourth-order valence-electron chi connectivity index (χ4n) is 2.98. The highest BCUT2D eigenvalue weighted by Crippen LogP contribution is 2.33. The van der Waals surface area contributed by atoms with Crippen molar-refractivity contribution in [1.29, 1.82) is 0 Å². The number of carbonyl (C=O) groups excluding carboxylic acids is 2. The number of hydrogen-bond donors (Lipinski definition) is 3. The summed E-state index contributed by atoms with van der Waals surface area (Å²) in [6.45, 7) is 5.67. The van der Waals surface area contributed by atoms with Gasteiger partial charge in [0.15, 0.2) is 0 Å². The molecule has 0 saturated carbocycles. The van der Waals surface area contributed by atoms with E-state index in [1.54, 1.807) is 25.1 Å². The Balaban J connectivity index is 1.98. The minimum Gasteiger partial charge on any atom is -0.327 e. The number of anilines is 1. The van der Waals surface area contributed by atoms with Crippen molar-refractivity contribution in [3.63, 3.8) is 0 Å². The predicted molar refractivity (Wildman–Crippen MR) is 108 cm³/mol. The van der Waals surface area contributed by atoms with Gasteiger partial charge in [0, 0.05) is 21.4 Å². The third kappa shape index (κ3) is 4.10. The zero-order valence-electron chi connectivity index (χ0n) is 15.1. The molecule has 1 heterocycles. The average Bonchev–Trinajstić information content (AvgIpc) is 2.57. The standard InChI is InChI=1S/C20H19Cl2N3O2/c1-10-4-6-14(8-11(10)2)24-19(26)17-12(3)23-20(27)25-18(17)15-7-5-13(21)9-16(15)22/h4-9,18H,1-3H3,(H,24,26)(H2,23,25,27). The van der Waals surface area contributed by atoms with Gasteiger partial charge in [-0.25, -0.2) is 4.79 Å². The lowest BCUT2D eigenvalue weighted by Crippen LogP contribution is -2.46. The lowest BCUT2D eigenvalue weighted by Gasteiger charge is -2.29. The molecule has 3 rings (SSSR count). The first-order chi connectivity index (χ1) is 12.8. The Hall–Kier alpha value is -2.50. The van der Waals surface area contributed by atoms with E-state index in [9.17, 15) is 9.59 Å². The summed E-state index contributed by atoms with van der Waals surface area (Å²) < 4.78 is 0. The van der Waals surface area contributed by atoms with E-state index in [0.29, 0.717) is 32.6 Å². The number of hydrogen-bond acceptors (Lipinski definition) is 2. The molecular weight excluding hydrogens is 385 g/mol. The second-order valence-electron chi connectivity index (χ2n) is 6.49. The topological polar surface area (TPSA) is 70.2 Å². The summed E-state index contributed by atoms with van der Waals surface area (Å²) in [7, 11) is 0. The molecule has 0 aliphatic carbocycles. The van der Waals surface area contributed by atoms with Crippen molar-refractivity contribution in [2.75, 3.05) is 5.32 Å². The molecule has 1 unspecified atom stereocenters. The van der Waals surface area contributed by atoms with Gasteiger partial charge in [0.05, 0.1) is 11.6 Å². The van der Waals surface area contributed by atoms with Gasteiger partial charge in [-0.3, -0.25) is 4.79 Å². The molecule has 0 radical (unpaired) electrons. The third-order valence-corrected chi connectivity index (χ3v) is 5.11. The van der Waals surface area contributed by atoms with Crippen LogP contribution in [0.1, 0.15) is 29.7 Å². The lowest BCUT2D eigenvalue weighted by atomic mass is 9.94. The fraction of sp³-hybridized carbons (Fsp3) is 0.200. The minimum absolute atomic E-state index is 0.320. The van der Waals surface area contributed by atoms with E-state index in [4.69, 9.17) is 23.2 Å². The number of amides is 3. The molecule has 2 aromatic carbocycles. The third-order valence-electron chi connectivity index (χ3n) is 4.55. The summed E-state index contributed by atoms with van der Waals surface area (Å²) in [5.41, 5.74) is 4.35. The number of rotatable bonds is 3. The maximum Gasteiger partial charge on any atom is 0.319 e. The number of aryl methyl sites for hydroxylation is 2. The summed E-state index contributed by atoms with van der Waals surface area (Å²) in [5, 5.41) is 9.16. The molecule has 0 spiro atoms. The number of nitrogens with one attached hydrogen (secondary N) is 3. The highest BCUT2D eigenvalue weighted by Gasteiger charge is 2.32. The molecule has 3 N–H and O–H groups in total. The Morgan fingerprint density at radius 3 is 2.44 bits per heavy atom. The molecular formula is C20H19Cl2N3O2. The maximum absolute atomic E-state index is 13.0. The van der Waals surface area contributed by atoms with Crippen LogP contribution in [-0.4, -0.2) is 11.9 Å². The molecule has 1 aliphatic heterocycles. The van der Waals surface area contributed by atoms with Crippen LogP contribution >= 0.6 is 23.2 Å². The van der Waals surface area contributed by atoms with Crippen molar-refractivity contribution in [2.24, 2.45) is 0 Å². The van der Waals surface area contributed by atoms with Crippen LogP contribution in [0.3, 0.4) is 0 Å². The van der Waals surface area contributed by atoms with Crippen molar-refractivity contribution in [1.82, 2.24) is 10.6 Å². The van der Waals surface area contributed by atoms with Crippen LogP contribution in [0.5, 0.6) is 0 Å². The SMILES string of the molecule is CC1=C(C(=O)Nc2ccc(C)c(C)c2)C(c2ccc(Cl)cc2Cl)NC(=O)N1. The number of halogens is 2. The second kappa shape index (κ2) is 7.62. The largest absolute Gasteiger partial charge is 0.327 e. The van der Waals surface area contributed by atoms with Gasteiger partial charge in [0.25, 0.3) is 5.91 Å². The monoisotopic (exact) mass is 403 g/mol. The molecule has 2 aromatic rings. The van der Waals surface area contributed by atoms with Gasteiger partial charge in [-0.05, 0) is 61.7 Å². The molecule has 140 valence electrons. The second-order valence-corrected chi connectivity index (χ2v) is 7.33. The minimum atomic E-state index is -0.685. The van der Waals surface area contributed by atoms with Gasteiger partial charge in [0.2, 0.25) is 0 Å². The lowest BCUT2D eigenvalue weighted by molar-refractivity contribution is -0.113. The van der Waals surface area contributed by atoms with Crippen LogP contribution in [0.2, 0.25) is 10.0 Å². The van der Waals surface area contributed by atoms with Crippen molar-refractivity contribution >= 4 is 40.8 Å². The molecule has 1 atom stereocenters. The predicted octanol–water partition coefficient (Wildman–Crippen LogP) is 4.88. The zero-order valence-corrected chi connectivity index (χ0v) is 16.6. The Kier molecular flexibility index (Phi) is 5.44. The first kappa shape index (κ1) is 19.3. The number of urea groups is 1. The van der Waals surface area contributed by atoms with Crippen molar-refractivity contribution in [3.05, 3.63) is 74.4 Å². The number of allylic oxidation sites excluding steroid dienone is 1.